The van der Waals surface area contributed by atoms with Gasteiger partial charge < -0.3 is 38.2 Å². The predicted octanol–water partition coefficient (Wildman–Crippen LogP) is 8.48. The maximum absolute atomic E-state index is 17.9. The highest BCUT2D eigenvalue weighted by atomic mass is 19.1. The third-order valence-corrected chi connectivity index (χ3v) is 13.9. The van der Waals surface area contributed by atoms with Crippen molar-refractivity contribution in [2.45, 2.75) is 115 Å². The van der Waals surface area contributed by atoms with Gasteiger partial charge in [0.15, 0.2) is 11.6 Å². The number of pyridine rings is 1. The van der Waals surface area contributed by atoms with Crippen LogP contribution in [-0.2, 0) is 22.6 Å². The standard InChI is InChI=1S/C51H59F2N7O7/c1-29-22-38(42(52)40(23-29)57(24-31-8-15-36(62-6)16-9-31)25-32-10-17-37(63-7)18-11-32)44-43(53)45-41-47(56-49(55-45)65-28-35-13-12-34-27-64-21-20-58(34)35)59-26-33-14-19-39(46(59)30(2)66-48(41)54-44)60(33)50(61)67-51(3,4)5/h8-11,15-18,22-23,30,33-35,39,46H,12-14,19-21,24-28H2,1-7H3/t30-,33+,34-,35-,39-,46+/m0/s1. The first-order chi connectivity index (χ1) is 32.3. The highest BCUT2D eigenvalue weighted by molar-refractivity contribution is 5.97. The summed E-state index contributed by atoms with van der Waals surface area (Å²) in [4.78, 5) is 36.9. The Hall–Kier alpha value is -6.00. The van der Waals surface area contributed by atoms with E-state index in [4.69, 9.17) is 43.4 Å². The van der Waals surface area contributed by atoms with Gasteiger partial charge in [0, 0.05) is 43.8 Å². The Kier molecular flexibility index (Phi) is 12.0. The van der Waals surface area contributed by atoms with Gasteiger partial charge >= 0.3 is 12.1 Å². The molecule has 1 amide bonds. The topological polar surface area (TPSA) is 124 Å². The van der Waals surface area contributed by atoms with E-state index in [1.807, 2.05) is 92.9 Å². The molecule has 4 saturated heterocycles. The number of halogens is 2. The van der Waals surface area contributed by atoms with Crippen LogP contribution in [0, 0.1) is 18.6 Å². The number of methoxy groups -OCH3 is 2. The molecule has 0 spiro atoms. The third kappa shape index (κ3) is 8.62. The minimum atomic E-state index is -0.821. The maximum Gasteiger partial charge on any atom is 0.410 e. The lowest BCUT2D eigenvalue weighted by atomic mass is 9.98. The van der Waals surface area contributed by atoms with Crippen LogP contribution in [-0.4, -0.2) is 120 Å². The predicted molar refractivity (Wildman–Crippen MR) is 249 cm³/mol. The van der Waals surface area contributed by atoms with E-state index in [1.165, 1.54) is 0 Å². The monoisotopic (exact) mass is 919 g/mol. The van der Waals surface area contributed by atoms with Crippen molar-refractivity contribution in [3.8, 4) is 34.6 Å². The lowest BCUT2D eigenvalue weighted by Crippen LogP contribution is -2.65. The molecular formula is C51H59F2N7O7. The number of carbonyl (C=O) groups is 1. The first-order valence-electron chi connectivity index (χ1n) is 23.4. The lowest BCUT2D eigenvalue weighted by molar-refractivity contribution is -0.0101. The number of rotatable bonds is 11. The van der Waals surface area contributed by atoms with Crippen LogP contribution in [0.25, 0.3) is 22.2 Å². The van der Waals surface area contributed by atoms with Crippen LogP contribution in [0.3, 0.4) is 0 Å². The van der Waals surface area contributed by atoms with E-state index >= 15 is 8.78 Å². The molecule has 16 heteroatoms. The molecule has 5 aromatic rings. The van der Waals surface area contributed by atoms with E-state index in [2.05, 4.69) is 9.80 Å². The molecule has 0 unspecified atom stereocenters. The fourth-order valence-electron chi connectivity index (χ4n) is 10.8. The molecule has 7 heterocycles. The van der Waals surface area contributed by atoms with Crippen molar-refractivity contribution in [2.75, 3.05) is 56.9 Å². The van der Waals surface area contributed by atoms with E-state index in [9.17, 15) is 4.79 Å². The minimum Gasteiger partial charge on any atom is -0.497 e. The Balaban J connectivity index is 1.08. The van der Waals surface area contributed by atoms with Crippen molar-refractivity contribution >= 4 is 28.5 Å². The molecule has 0 radical (unpaired) electrons. The van der Waals surface area contributed by atoms with Gasteiger partial charge in [-0.2, -0.15) is 9.97 Å². The van der Waals surface area contributed by atoms with Gasteiger partial charge in [-0.15, -0.1) is 0 Å². The second-order valence-electron chi connectivity index (χ2n) is 19.5. The number of hydrogen-bond acceptors (Lipinski definition) is 13. The highest BCUT2D eigenvalue weighted by Crippen LogP contribution is 2.47. The van der Waals surface area contributed by atoms with Crippen molar-refractivity contribution in [1.29, 1.82) is 0 Å². The summed E-state index contributed by atoms with van der Waals surface area (Å²) < 4.78 is 71.4. The summed E-state index contributed by atoms with van der Waals surface area (Å²) in [7, 11) is 3.22. The fourth-order valence-corrected chi connectivity index (χ4v) is 10.8. The van der Waals surface area contributed by atoms with Crippen molar-refractivity contribution < 1.29 is 42.0 Å². The van der Waals surface area contributed by atoms with Crippen LogP contribution >= 0.6 is 0 Å². The largest absolute Gasteiger partial charge is 0.497 e. The normalized spacial score (nSPS) is 23.3. The molecule has 10 rings (SSSR count). The van der Waals surface area contributed by atoms with Gasteiger partial charge in [-0.1, -0.05) is 24.3 Å². The molecule has 0 saturated carbocycles. The third-order valence-electron chi connectivity index (χ3n) is 13.9. The van der Waals surface area contributed by atoms with Crippen molar-refractivity contribution in [3.05, 3.63) is 89.0 Å². The van der Waals surface area contributed by atoms with Crippen LogP contribution in [0.1, 0.15) is 70.1 Å². The summed E-state index contributed by atoms with van der Waals surface area (Å²) >= 11 is 0. The van der Waals surface area contributed by atoms with E-state index in [1.54, 1.807) is 26.4 Å². The van der Waals surface area contributed by atoms with Gasteiger partial charge in [-0.3, -0.25) is 9.80 Å². The summed E-state index contributed by atoms with van der Waals surface area (Å²) in [5, 5.41) is 0.274. The van der Waals surface area contributed by atoms with Gasteiger partial charge in [-0.05, 0) is 113 Å². The Morgan fingerprint density at radius 2 is 1.57 bits per heavy atom. The summed E-state index contributed by atoms with van der Waals surface area (Å²) in [6, 6.07) is 18.2. The van der Waals surface area contributed by atoms with Crippen LogP contribution in [0.4, 0.5) is 25.1 Å². The number of piperazine rings is 1. The number of amides is 1. The molecule has 2 bridgehead atoms. The quantitative estimate of drug-likeness (QED) is 0.126. The molecule has 3 aromatic carbocycles. The van der Waals surface area contributed by atoms with Crippen LogP contribution < -0.4 is 28.7 Å². The first kappa shape index (κ1) is 44.8. The summed E-state index contributed by atoms with van der Waals surface area (Å²) in [6.07, 6.45) is 2.43. The van der Waals surface area contributed by atoms with Crippen molar-refractivity contribution in [3.63, 3.8) is 0 Å². The van der Waals surface area contributed by atoms with Gasteiger partial charge in [-0.25, -0.2) is 18.6 Å². The number of hydrogen-bond donors (Lipinski definition) is 0. The number of benzene rings is 3. The molecule has 5 aliphatic heterocycles. The zero-order valence-corrected chi connectivity index (χ0v) is 39.3. The Bertz CT molecular complexity index is 2600. The van der Waals surface area contributed by atoms with Crippen LogP contribution in [0.15, 0.2) is 60.7 Å². The molecule has 67 heavy (non-hydrogen) atoms. The summed E-state index contributed by atoms with van der Waals surface area (Å²) in [5.41, 5.74) is 1.75. The number of carbonyl (C=O) groups excluding carboxylic acids is 1. The second kappa shape index (κ2) is 17.9. The molecule has 4 fully saturated rings. The average molecular weight is 920 g/mol. The highest BCUT2D eigenvalue weighted by Gasteiger charge is 2.54. The minimum absolute atomic E-state index is 0.00647. The van der Waals surface area contributed by atoms with E-state index in [0.717, 1.165) is 36.9 Å². The summed E-state index contributed by atoms with van der Waals surface area (Å²) in [5.74, 6) is 0.432. The molecular weight excluding hydrogens is 861 g/mol. The number of nitrogens with zero attached hydrogens (tertiary/aromatic N) is 7. The SMILES string of the molecule is COc1ccc(CN(Cc2ccc(OC)cc2)c2cc(C)cc(-c3nc4c5c(nc(OC[C@@H]6CC[C@H]7COCCN76)nc5c3F)N3C[C@H]5CC[C@@H]([C@H]3[C@H](C)O4)N5C(=O)OC(C)(C)C)c2F)cc1. The smallest absolute Gasteiger partial charge is 0.410 e. The van der Waals surface area contributed by atoms with Gasteiger partial charge in [0.2, 0.25) is 5.88 Å². The van der Waals surface area contributed by atoms with Gasteiger partial charge in [0.05, 0.1) is 51.2 Å². The van der Waals surface area contributed by atoms with E-state index < -0.39 is 29.4 Å². The molecule has 14 nitrogen and oxygen atoms in total. The lowest BCUT2D eigenvalue weighted by Gasteiger charge is -2.48. The number of aryl methyl sites for hydroxylation is 1. The number of ether oxygens (including phenoxy) is 6. The van der Waals surface area contributed by atoms with Gasteiger partial charge in [0.1, 0.15) is 52.2 Å². The first-order valence-corrected chi connectivity index (χ1v) is 23.4. The Labute approximate surface area is 390 Å². The van der Waals surface area contributed by atoms with Crippen molar-refractivity contribution in [2.24, 2.45) is 0 Å². The van der Waals surface area contributed by atoms with Crippen LogP contribution in [0.5, 0.6) is 23.4 Å². The molecule has 5 aliphatic rings. The van der Waals surface area contributed by atoms with Gasteiger partial charge in [0.25, 0.3) is 0 Å². The van der Waals surface area contributed by atoms with Crippen LogP contribution in [0.2, 0.25) is 0 Å². The zero-order valence-electron chi connectivity index (χ0n) is 39.3. The molecule has 354 valence electrons. The average Bonchev–Trinajstić information content (AvgIpc) is 3.84. The number of morpholine rings is 1. The molecule has 2 aromatic heterocycles. The number of fused-ring (bicyclic) bond motifs is 6. The molecule has 0 N–H and O–H groups in total. The molecule has 0 aliphatic carbocycles. The second-order valence-corrected chi connectivity index (χ2v) is 19.5. The zero-order chi connectivity index (χ0) is 46.7. The maximum atomic E-state index is 17.9. The van der Waals surface area contributed by atoms with E-state index in [0.29, 0.717) is 74.8 Å². The molecule has 6 atom stereocenters. The number of anilines is 2. The Morgan fingerprint density at radius 3 is 2.24 bits per heavy atom. The fraction of sp³-hybridized carbons (Fsp3) is 0.490. The Morgan fingerprint density at radius 1 is 0.881 bits per heavy atom. The van der Waals surface area contributed by atoms with E-state index in [-0.39, 0.29) is 64.0 Å². The van der Waals surface area contributed by atoms with Crippen molar-refractivity contribution in [1.82, 2.24) is 24.8 Å². The number of aromatic nitrogens is 3. The summed E-state index contributed by atoms with van der Waals surface area (Å²) in [6.45, 7) is 12.9.